The summed E-state index contributed by atoms with van der Waals surface area (Å²) in [4.78, 5) is 40.1. The molecule has 28 heavy (non-hydrogen) atoms. The first-order valence-electron chi connectivity index (χ1n) is 9.12. The van der Waals surface area contributed by atoms with Crippen molar-refractivity contribution in [3.8, 4) is 0 Å². The van der Waals surface area contributed by atoms with Gasteiger partial charge in [0, 0.05) is 19.7 Å². The van der Waals surface area contributed by atoms with Crippen molar-refractivity contribution in [1.82, 2.24) is 9.80 Å². The summed E-state index contributed by atoms with van der Waals surface area (Å²) in [6.07, 6.45) is 1.11. The fourth-order valence-corrected chi connectivity index (χ4v) is 3.79. The van der Waals surface area contributed by atoms with Gasteiger partial charge in [0.2, 0.25) is 5.91 Å². The van der Waals surface area contributed by atoms with Gasteiger partial charge in [-0.1, -0.05) is 24.8 Å². The van der Waals surface area contributed by atoms with Gasteiger partial charge in [-0.15, -0.1) is 0 Å². The third-order valence-corrected chi connectivity index (χ3v) is 5.14. The summed E-state index contributed by atoms with van der Waals surface area (Å²) in [5.74, 6) is -1.52. The first-order chi connectivity index (χ1) is 13.3. The van der Waals surface area contributed by atoms with Crippen molar-refractivity contribution >= 4 is 23.4 Å². The van der Waals surface area contributed by atoms with Crippen LogP contribution in [0.25, 0.3) is 5.57 Å². The maximum absolute atomic E-state index is 12.6. The number of benzene rings is 1. The van der Waals surface area contributed by atoms with Crippen molar-refractivity contribution in [3.05, 3.63) is 53.7 Å². The quantitative estimate of drug-likeness (QED) is 0.456. The minimum Gasteiger partial charge on any atom is -0.457 e. The van der Waals surface area contributed by atoms with Gasteiger partial charge in [0.25, 0.3) is 5.91 Å². The zero-order valence-electron chi connectivity index (χ0n) is 16.2. The lowest BCUT2D eigenvalue weighted by molar-refractivity contribution is -0.162. The molecule has 2 amide bonds. The van der Waals surface area contributed by atoms with Gasteiger partial charge in [-0.25, -0.2) is 4.79 Å². The van der Waals surface area contributed by atoms with Crippen LogP contribution in [-0.4, -0.2) is 65.5 Å². The van der Waals surface area contributed by atoms with Crippen LogP contribution in [0, 0.1) is 5.92 Å². The lowest BCUT2D eigenvalue weighted by Gasteiger charge is -2.44. The Morgan fingerprint density at radius 3 is 2.54 bits per heavy atom. The van der Waals surface area contributed by atoms with Crippen molar-refractivity contribution in [2.45, 2.75) is 25.5 Å². The van der Waals surface area contributed by atoms with E-state index in [-0.39, 0.29) is 30.2 Å². The normalized spacial score (nSPS) is 21.7. The van der Waals surface area contributed by atoms with Crippen LogP contribution in [0.15, 0.2) is 42.6 Å². The second kappa shape index (κ2) is 7.59. The van der Waals surface area contributed by atoms with E-state index in [0.29, 0.717) is 17.6 Å². The Balaban J connectivity index is 1.97. The van der Waals surface area contributed by atoms with E-state index in [1.54, 1.807) is 45.3 Å². The van der Waals surface area contributed by atoms with Crippen molar-refractivity contribution < 1.29 is 24.2 Å². The predicted octanol–water partition coefficient (Wildman–Crippen LogP) is 1.44. The van der Waals surface area contributed by atoms with Gasteiger partial charge in [-0.05, 0) is 36.6 Å². The summed E-state index contributed by atoms with van der Waals surface area (Å²) in [6, 6.07) is 6.65. The maximum Gasteiger partial charge on any atom is 0.355 e. The second-order valence-electron chi connectivity index (χ2n) is 7.24. The molecular weight excluding hydrogens is 360 g/mol. The second-order valence-corrected chi connectivity index (χ2v) is 7.24. The van der Waals surface area contributed by atoms with Gasteiger partial charge < -0.3 is 19.6 Å². The number of aliphatic hydroxyl groups excluding tert-OH is 1. The molecule has 7 nitrogen and oxygen atoms in total. The highest BCUT2D eigenvalue weighted by atomic mass is 16.5. The number of nitrogens with zero attached hydrogens (tertiary/aromatic N) is 2. The van der Waals surface area contributed by atoms with Crippen LogP contribution in [0.2, 0.25) is 0 Å². The Morgan fingerprint density at radius 1 is 1.36 bits per heavy atom. The third kappa shape index (κ3) is 3.22. The molecular formula is C21H24N2O5. The van der Waals surface area contributed by atoms with Crippen LogP contribution < -0.4 is 0 Å². The molecule has 3 rings (SSSR count). The molecule has 0 unspecified atom stereocenters. The largest absolute Gasteiger partial charge is 0.457 e. The van der Waals surface area contributed by atoms with E-state index in [1.807, 2.05) is 0 Å². The van der Waals surface area contributed by atoms with Crippen LogP contribution in [0.3, 0.4) is 0 Å². The first kappa shape index (κ1) is 19.8. The number of ether oxygens (including phenoxy) is 1. The van der Waals surface area contributed by atoms with Crippen molar-refractivity contribution in [2.75, 3.05) is 20.7 Å². The number of amides is 2. The Morgan fingerprint density at radius 2 is 2.00 bits per heavy atom. The van der Waals surface area contributed by atoms with E-state index in [4.69, 9.17) is 4.74 Å². The number of hydrogen-bond acceptors (Lipinski definition) is 5. The minimum atomic E-state index is -0.793. The maximum atomic E-state index is 12.6. The number of β-lactam (4-membered cyclic amide) rings is 1. The smallest absolute Gasteiger partial charge is 0.355 e. The van der Waals surface area contributed by atoms with E-state index in [1.165, 1.54) is 15.9 Å². The molecule has 0 aromatic heterocycles. The Labute approximate surface area is 163 Å². The first-order valence-corrected chi connectivity index (χ1v) is 9.12. The fraction of sp³-hybridized carbons (Fsp3) is 0.381. The van der Waals surface area contributed by atoms with Crippen LogP contribution in [0.1, 0.15) is 29.3 Å². The summed E-state index contributed by atoms with van der Waals surface area (Å²) in [5, 5.41) is 9.92. The van der Waals surface area contributed by atoms with E-state index in [9.17, 15) is 19.5 Å². The van der Waals surface area contributed by atoms with Crippen LogP contribution >= 0.6 is 0 Å². The summed E-state index contributed by atoms with van der Waals surface area (Å²) in [5.41, 5.74) is 2.16. The van der Waals surface area contributed by atoms with E-state index >= 15 is 0 Å². The predicted molar refractivity (Wildman–Crippen MR) is 103 cm³/mol. The Kier molecular flexibility index (Phi) is 5.38. The molecule has 1 aromatic carbocycles. The Bertz CT molecular complexity index is 854. The number of rotatable bonds is 6. The molecule has 1 fully saturated rings. The highest BCUT2D eigenvalue weighted by Crippen LogP contribution is 2.47. The fourth-order valence-electron chi connectivity index (χ4n) is 3.79. The molecule has 1 N–H and O–H groups in total. The van der Waals surface area contributed by atoms with Crippen molar-refractivity contribution in [1.29, 1.82) is 0 Å². The summed E-state index contributed by atoms with van der Waals surface area (Å²) in [7, 11) is 3.35. The zero-order chi connectivity index (χ0) is 20.6. The topological polar surface area (TPSA) is 87.1 Å². The van der Waals surface area contributed by atoms with Crippen LogP contribution in [0.5, 0.6) is 0 Å². The molecule has 2 aliphatic heterocycles. The van der Waals surface area contributed by atoms with Crippen LogP contribution in [0.4, 0.5) is 0 Å². The molecule has 0 aliphatic carbocycles. The number of aliphatic hydroxyl groups is 1. The summed E-state index contributed by atoms with van der Waals surface area (Å²) < 4.78 is 5.18. The monoisotopic (exact) mass is 384 g/mol. The molecule has 1 aromatic rings. The summed E-state index contributed by atoms with van der Waals surface area (Å²) in [6.45, 7) is 5.15. The number of esters is 1. The van der Waals surface area contributed by atoms with E-state index in [0.717, 1.165) is 5.56 Å². The van der Waals surface area contributed by atoms with E-state index < -0.39 is 18.0 Å². The molecule has 0 bridgehead atoms. The number of hydrogen-bond donors (Lipinski definition) is 1. The average molecular weight is 384 g/mol. The molecule has 148 valence electrons. The molecule has 2 aliphatic rings. The highest BCUT2D eigenvalue weighted by molar-refractivity contribution is 6.07. The molecule has 2 heterocycles. The molecule has 7 heteroatoms. The van der Waals surface area contributed by atoms with Crippen molar-refractivity contribution in [2.24, 2.45) is 5.92 Å². The molecule has 1 saturated heterocycles. The van der Waals surface area contributed by atoms with E-state index in [2.05, 4.69) is 6.58 Å². The van der Waals surface area contributed by atoms with Gasteiger partial charge in [-0.2, -0.15) is 0 Å². The van der Waals surface area contributed by atoms with Gasteiger partial charge >= 0.3 is 5.97 Å². The minimum absolute atomic E-state index is 0.0401. The SMILES string of the molecule is C=CCOC(=O)C1=C(c2ccc(C(=O)N(C)C)cc2)C[C@@H]2[C@@H]([C@@H](C)O)C(=O)N12. The molecule has 0 saturated carbocycles. The lowest BCUT2D eigenvalue weighted by atomic mass is 9.82. The number of carbonyl (C=O) groups is 3. The standard InChI is InChI=1S/C21H24N2O5/c1-5-10-28-21(27)18-15(11-16-17(12(2)24)20(26)23(16)18)13-6-8-14(9-7-13)19(25)22(3)4/h5-9,12,16-17,24H,1,10-11H2,2-4H3/t12-,16-,17-/m1/s1. The zero-order valence-corrected chi connectivity index (χ0v) is 16.2. The van der Waals surface area contributed by atoms with Gasteiger partial charge in [0.1, 0.15) is 12.3 Å². The average Bonchev–Trinajstić information content (AvgIpc) is 3.00. The molecule has 0 spiro atoms. The van der Waals surface area contributed by atoms with Crippen molar-refractivity contribution in [3.63, 3.8) is 0 Å². The van der Waals surface area contributed by atoms with Gasteiger partial charge in [0.05, 0.1) is 18.1 Å². The Hall–Kier alpha value is -2.93. The van der Waals surface area contributed by atoms with Gasteiger partial charge in [0.15, 0.2) is 0 Å². The lowest BCUT2D eigenvalue weighted by Crippen LogP contribution is -2.61. The van der Waals surface area contributed by atoms with Crippen LogP contribution in [-0.2, 0) is 14.3 Å². The summed E-state index contributed by atoms with van der Waals surface area (Å²) >= 11 is 0. The highest BCUT2D eigenvalue weighted by Gasteiger charge is 2.57. The number of fused-ring (bicyclic) bond motifs is 1. The third-order valence-electron chi connectivity index (χ3n) is 5.14. The van der Waals surface area contributed by atoms with Gasteiger partial charge in [-0.3, -0.25) is 9.59 Å². The molecule has 0 radical (unpaired) electrons. The number of carbonyl (C=O) groups excluding carboxylic acids is 3. The molecule has 3 atom stereocenters.